The molecule has 116 valence electrons. The summed E-state index contributed by atoms with van der Waals surface area (Å²) in [4.78, 5) is 14.1. The van der Waals surface area contributed by atoms with Gasteiger partial charge in [0.15, 0.2) is 0 Å². The maximum atomic E-state index is 12.5. The summed E-state index contributed by atoms with van der Waals surface area (Å²) in [5.74, 6) is -0.0387. The molecule has 3 aromatic rings. The molecule has 0 spiro atoms. The van der Waals surface area contributed by atoms with Gasteiger partial charge in [-0.25, -0.2) is 0 Å². The molecule has 0 atom stereocenters. The first-order valence-corrected chi connectivity index (χ1v) is 7.53. The molecule has 2 aromatic carbocycles. The average Bonchev–Trinajstić information content (AvgIpc) is 2.99. The van der Waals surface area contributed by atoms with Crippen LogP contribution in [-0.4, -0.2) is 34.7 Å². The predicted molar refractivity (Wildman–Crippen MR) is 91.2 cm³/mol. The second kappa shape index (κ2) is 6.48. The molecule has 0 aliphatic heterocycles. The van der Waals surface area contributed by atoms with Crippen molar-refractivity contribution in [2.75, 3.05) is 14.1 Å². The Hall–Kier alpha value is -2.88. The minimum atomic E-state index is -0.0387. The zero-order valence-electron chi connectivity index (χ0n) is 13.3. The molecule has 1 aromatic heterocycles. The Kier molecular flexibility index (Phi) is 4.24. The molecular formula is C19H19N3O. The molecule has 0 bridgehead atoms. The first-order chi connectivity index (χ1) is 11.1. The summed E-state index contributed by atoms with van der Waals surface area (Å²) in [5.41, 5.74) is 3.44. The molecule has 0 radical (unpaired) electrons. The Morgan fingerprint density at radius 1 is 1.00 bits per heavy atom. The van der Waals surface area contributed by atoms with Gasteiger partial charge in [-0.15, -0.1) is 0 Å². The number of nitrogens with zero attached hydrogens (tertiary/aromatic N) is 3. The van der Waals surface area contributed by atoms with E-state index in [1.54, 1.807) is 19.0 Å². The second-order valence-corrected chi connectivity index (χ2v) is 5.64. The SMILES string of the molecule is CN(C)C(=O)c1cn(Cc2ccccc2)nc1-c1ccccc1. The predicted octanol–water partition coefficient (Wildman–Crippen LogP) is 3.30. The summed E-state index contributed by atoms with van der Waals surface area (Å²) in [7, 11) is 3.51. The van der Waals surface area contributed by atoms with Crippen LogP contribution in [-0.2, 0) is 6.54 Å². The number of aromatic nitrogens is 2. The number of carbonyl (C=O) groups is 1. The first kappa shape index (κ1) is 15.0. The molecule has 23 heavy (non-hydrogen) atoms. The van der Waals surface area contributed by atoms with Gasteiger partial charge >= 0.3 is 0 Å². The van der Waals surface area contributed by atoms with Gasteiger partial charge < -0.3 is 4.90 Å². The fourth-order valence-corrected chi connectivity index (χ4v) is 2.48. The van der Waals surface area contributed by atoms with Crippen LogP contribution in [0, 0.1) is 0 Å². The highest BCUT2D eigenvalue weighted by Gasteiger charge is 2.19. The number of amides is 1. The van der Waals surface area contributed by atoms with E-state index < -0.39 is 0 Å². The van der Waals surface area contributed by atoms with E-state index in [0.717, 1.165) is 16.8 Å². The number of carbonyl (C=O) groups excluding carboxylic acids is 1. The van der Waals surface area contributed by atoms with Crippen molar-refractivity contribution in [3.63, 3.8) is 0 Å². The van der Waals surface area contributed by atoms with Crippen molar-refractivity contribution >= 4 is 5.91 Å². The zero-order chi connectivity index (χ0) is 16.2. The van der Waals surface area contributed by atoms with Gasteiger partial charge in [-0.05, 0) is 5.56 Å². The van der Waals surface area contributed by atoms with Crippen molar-refractivity contribution in [1.29, 1.82) is 0 Å². The monoisotopic (exact) mass is 305 g/mol. The van der Waals surface area contributed by atoms with Crippen molar-refractivity contribution in [2.45, 2.75) is 6.54 Å². The molecule has 0 aliphatic carbocycles. The quantitative estimate of drug-likeness (QED) is 0.742. The highest BCUT2D eigenvalue weighted by Crippen LogP contribution is 2.23. The van der Waals surface area contributed by atoms with Gasteiger partial charge in [0.25, 0.3) is 5.91 Å². The summed E-state index contributed by atoms with van der Waals surface area (Å²) >= 11 is 0. The largest absolute Gasteiger partial charge is 0.345 e. The fourth-order valence-electron chi connectivity index (χ4n) is 2.48. The molecule has 0 N–H and O–H groups in total. The molecule has 0 saturated heterocycles. The summed E-state index contributed by atoms with van der Waals surface area (Å²) in [6, 6.07) is 19.9. The Morgan fingerprint density at radius 2 is 1.61 bits per heavy atom. The van der Waals surface area contributed by atoms with Crippen LogP contribution in [0.25, 0.3) is 11.3 Å². The van der Waals surface area contributed by atoms with E-state index in [9.17, 15) is 4.79 Å². The number of hydrogen-bond donors (Lipinski definition) is 0. The standard InChI is InChI=1S/C19H19N3O/c1-21(2)19(23)17-14-22(13-15-9-5-3-6-10-15)20-18(17)16-11-7-4-8-12-16/h3-12,14H,13H2,1-2H3. The lowest BCUT2D eigenvalue weighted by Gasteiger charge is -2.09. The van der Waals surface area contributed by atoms with E-state index in [1.165, 1.54) is 0 Å². The Morgan fingerprint density at radius 3 is 2.22 bits per heavy atom. The van der Waals surface area contributed by atoms with Crippen LogP contribution in [0.1, 0.15) is 15.9 Å². The lowest BCUT2D eigenvalue weighted by molar-refractivity contribution is 0.0828. The Bertz CT molecular complexity index is 792. The molecule has 3 rings (SSSR count). The van der Waals surface area contributed by atoms with Gasteiger partial charge in [0.1, 0.15) is 5.69 Å². The Balaban J connectivity index is 2.01. The molecule has 0 fully saturated rings. The maximum Gasteiger partial charge on any atom is 0.257 e. The van der Waals surface area contributed by atoms with Gasteiger partial charge in [-0.1, -0.05) is 60.7 Å². The van der Waals surface area contributed by atoms with Gasteiger partial charge in [0.05, 0.1) is 12.1 Å². The summed E-state index contributed by atoms with van der Waals surface area (Å²) < 4.78 is 1.83. The lowest BCUT2D eigenvalue weighted by Crippen LogP contribution is -2.21. The molecule has 0 aliphatic rings. The van der Waals surface area contributed by atoms with Gasteiger partial charge in [0.2, 0.25) is 0 Å². The number of benzene rings is 2. The van der Waals surface area contributed by atoms with Gasteiger partial charge in [0, 0.05) is 25.9 Å². The topological polar surface area (TPSA) is 38.1 Å². The summed E-state index contributed by atoms with van der Waals surface area (Å²) in [5, 5.41) is 4.65. The van der Waals surface area contributed by atoms with Crippen molar-refractivity contribution in [3.8, 4) is 11.3 Å². The fraction of sp³-hybridized carbons (Fsp3) is 0.158. The van der Waals surface area contributed by atoms with Crippen LogP contribution in [0.15, 0.2) is 66.9 Å². The highest BCUT2D eigenvalue weighted by atomic mass is 16.2. The molecule has 1 amide bonds. The van der Waals surface area contributed by atoms with E-state index >= 15 is 0 Å². The normalized spacial score (nSPS) is 10.5. The minimum absolute atomic E-state index is 0.0387. The molecule has 4 nitrogen and oxygen atoms in total. The van der Waals surface area contributed by atoms with Crippen LogP contribution >= 0.6 is 0 Å². The third kappa shape index (κ3) is 3.31. The third-order valence-corrected chi connectivity index (χ3v) is 3.63. The van der Waals surface area contributed by atoms with Crippen molar-refractivity contribution in [1.82, 2.24) is 14.7 Å². The van der Waals surface area contributed by atoms with Crippen LogP contribution in [0.5, 0.6) is 0 Å². The van der Waals surface area contributed by atoms with Crippen molar-refractivity contribution in [2.24, 2.45) is 0 Å². The second-order valence-electron chi connectivity index (χ2n) is 5.64. The third-order valence-electron chi connectivity index (χ3n) is 3.63. The van der Waals surface area contributed by atoms with Crippen molar-refractivity contribution in [3.05, 3.63) is 78.0 Å². The van der Waals surface area contributed by atoms with E-state index in [-0.39, 0.29) is 5.91 Å². The van der Waals surface area contributed by atoms with Crippen LogP contribution in [0.3, 0.4) is 0 Å². The summed E-state index contributed by atoms with van der Waals surface area (Å²) in [6.07, 6.45) is 1.83. The molecular weight excluding hydrogens is 286 g/mol. The maximum absolute atomic E-state index is 12.5. The van der Waals surface area contributed by atoms with E-state index in [4.69, 9.17) is 0 Å². The first-order valence-electron chi connectivity index (χ1n) is 7.53. The highest BCUT2D eigenvalue weighted by molar-refractivity contribution is 5.99. The molecule has 0 saturated carbocycles. The zero-order valence-corrected chi connectivity index (χ0v) is 13.3. The summed E-state index contributed by atoms with van der Waals surface area (Å²) in [6.45, 7) is 0.640. The van der Waals surface area contributed by atoms with Crippen LogP contribution in [0.2, 0.25) is 0 Å². The average molecular weight is 305 g/mol. The van der Waals surface area contributed by atoms with Gasteiger partial charge in [-0.3, -0.25) is 9.48 Å². The van der Waals surface area contributed by atoms with E-state index in [2.05, 4.69) is 17.2 Å². The number of hydrogen-bond acceptors (Lipinski definition) is 2. The van der Waals surface area contributed by atoms with Crippen LogP contribution < -0.4 is 0 Å². The smallest absolute Gasteiger partial charge is 0.257 e. The molecule has 1 heterocycles. The number of rotatable bonds is 4. The molecule has 0 unspecified atom stereocenters. The minimum Gasteiger partial charge on any atom is -0.345 e. The van der Waals surface area contributed by atoms with Crippen molar-refractivity contribution < 1.29 is 4.79 Å². The molecule has 4 heteroatoms. The van der Waals surface area contributed by atoms with Gasteiger partial charge in [-0.2, -0.15) is 5.10 Å². The lowest BCUT2D eigenvalue weighted by atomic mass is 10.1. The van der Waals surface area contributed by atoms with E-state index in [0.29, 0.717) is 12.1 Å². The van der Waals surface area contributed by atoms with Crippen LogP contribution in [0.4, 0.5) is 0 Å². The Labute approximate surface area is 136 Å². The van der Waals surface area contributed by atoms with E-state index in [1.807, 2.05) is 59.4 Å².